The minimum Gasteiger partial charge on any atom is -0.329 e. The predicted molar refractivity (Wildman–Crippen MR) is 81.2 cm³/mol. The molecule has 0 amide bonds. The zero-order valence-electron chi connectivity index (χ0n) is 11.2. The molecule has 0 aromatic heterocycles. The second kappa shape index (κ2) is 7.39. The van der Waals surface area contributed by atoms with Gasteiger partial charge in [-0.1, -0.05) is 35.9 Å². The molecule has 0 saturated carbocycles. The molecule has 0 aliphatic heterocycles. The van der Waals surface area contributed by atoms with Gasteiger partial charge >= 0.3 is 0 Å². The molecule has 1 atom stereocenters. The van der Waals surface area contributed by atoms with Crippen LogP contribution in [0.4, 0.5) is 4.39 Å². The van der Waals surface area contributed by atoms with Crippen LogP contribution in [0.1, 0.15) is 11.1 Å². The first-order valence-electron chi connectivity index (χ1n) is 6.59. The van der Waals surface area contributed by atoms with E-state index >= 15 is 0 Å². The van der Waals surface area contributed by atoms with E-state index in [9.17, 15) is 4.39 Å². The van der Waals surface area contributed by atoms with E-state index in [1.165, 1.54) is 17.7 Å². The summed E-state index contributed by atoms with van der Waals surface area (Å²) < 4.78 is 12.8. The van der Waals surface area contributed by atoms with Crippen molar-refractivity contribution in [1.82, 2.24) is 5.32 Å². The van der Waals surface area contributed by atoms with Crippen molar-refractivity contribution in [3.8, 4) is 0 Å². The van der Waals surface area contributed by atoms with Crippen molar-refractivity contribution in [2.45, 2.75) is 19.0 Å². The van der Waals surface area contributed by atoms with Crippen molar-refractivity contribution in [3.05, 3.63) is 70.5 Å². The third-order valence-corrected chi connectivity index (χ3v) is 3.44. The quantitative estimate of drug-likeness (QED) is 0.858. The molecule has 2 aromatic rings. The molecular formula is C16H18ClFN2. The van der Waals surface area contributed by atoms with Crippen LogP contribution in [-0.4, -0.2) is 12.6 Å². The number of halogens is 2. The molecule has 0 fully saturated rings. The average Bonchev–Trinajstić information content (AvgIpc) is 2.47. The smallest absolute Gasteiger partial charge is 0.123 e. The summed E-state index contributed by atoms with van der Waals surface area (Å²) in [6.07, 6.45) is 0.842. The van der Waals surface area contributed by atoms with E-state index in [1.54, 1.807) is 12.1 Å². The number of nitrogens with two attached hydrogens (primary N) is 1. The lowest BCUT2D eigenvalue weighted by Crippen LogP contribution is -2.37. The third-order valence-electron chi connectivity index (χ3n) is 3.19. The standard InChI is InChI=1S/C16H18ClFN2/c17-14-5-1-12(2-6-14)9-16(10-19)20-11-13-3-7-15(18)8-4-13/h1-8,16,20H,9-11,19H2. The normalized spacial score (nSPS) is 12.3. The Bertz CT molecular complexity index is 525. The largest absolute Gasteiger partial charge is 0.329 e. The molecule has 2 aromatic carbocycles. The number of benzene rings is 2. The van der Waals surface area contributed by atoms with Gasteiger partial charge in [0.05, 0.1) is 0 Å². The van der Waals surface area contributed by atoms with Crippen LogP contribution in [0.25, 0.3) is 0 Å². The maximum atomic E-state index is 12.8. The van der Waals surface area contributed by atoms with Gasteiger partial charge in [0.15, 0.2) is 0 Å². The van der Waals surface area contributed by atoms with E-state index in [0.29, 0.717) is 13.1 Å². The Morgan fingerprint density at radius 2 is 1.60 bits per heavy atom. The molecule has 3 N–H and O–H groups in total. The number of hydrogen-bond donors (Lipinski definition) is 2. The van der Waals surface area contributed by atoms with Crippen LogP contribution in [0.2, 0.25) is 5.02 Å². The summed E-state index contributed by atoms with van der Waals surface area (Å²) in [5, 5.41) is 4.12. The van der Waals surface area contributed by atoms with Crippen molar-refractivity contribution in [2.75, 3.05) is 6.54 Å². The minimum atomic E-state index is -0.217. The monoisotopic (exact) mass is 292 g/mol. The molecule has 1 unspecified atom stereocenters. The molecule has 0 bridgehead atoms. The van der Waals surface area contributed by atoms with Gasteiger partial charge in [-0.2, -0.15) is 0 Å². The molecule has 0 aliphatic rings. The molecule has 106 valence electrons. The molecule has 0 spiro atoms. The maximum Gasteiger partial charge on any atom is 0.123 e. The van der Waals surface area contributed by atoms with Crippen molar-refractivity contribution in [1.29, 1.82) is 0 Å². The van der Waals surface area contributed by atoms with E-state index in [2.05, 4.69) is 5.32 Å². The predicted octanol–water partition coefficient (Wildman–Crippen LogP) is 3.14. The summed E-state index contributed by atoms with van der Waals surface area (Å²) in [4.78, 5) is 0. The van der Waals surface area contributed by atoms with Gasteiger partial charge in [0.2, 0.25) is 0 Å². The zero-order valence-corrected chi connectivity index (χ0v) is 11.9. The minimum absolute atomic E-state index is 0.182. The maximum absolute atomic E-state index is 12.8. The van der Waals surface area contributed by atoms with Crippen LogP contribution in [0, 0.1) is 5.82 Å². The average molecular weight is 293 g/mol. The fraction of sp³-hybridized carbons (Fsp3) is 0.250. The van der Waals surface area contributed by atoms with Crippen molar-refractivity contribution in [3.63, 3.8) is 0 Å². The van der Waals surface area contributed by atoms with Crippen LogP contribution in [0.3, 0.4) is 0 Å². The van der Waals surface area contributed by atoms with Gasteiger partial charge in [-0.05, 0) is 41.8 Å². The first-order valence-corrected chi connectivity index (χ1v) is 6.97. The lowest BCUT2D eigenvalue weighted by atomic mass is 10.1. The molecular weight excluding hydrogens is 275 g/mol. The Balaban J connectivity index is 1.88. The van der Waals surface area contributed by atoms with Crippen LogP contribution in [0.5, 0.6) is 0 Å². The molecule has 0 aliphatic carbocycles. The Morgan fingerprint density at radius 1 is 1.00 bits per heavy atom. The highest BCUT2D eigenvalue weighted by Crippen LogP contribution is 2.11. The van der Waals surface area contributed by atoms with Gasteiger partial charge in [0, 0.05) is 24.2 Å². The first kappa shape index (κ1) is 15.0. The lowest BCUT2D eigenvalue weighted by molar-refractivity contribution is 0.515. The van der Waals surface area contributed by atoms with E-state index in [4.69, 9.17) is 17.3 Å². The van der Waals surface area contributed by atoms with Gasteiger partial charge in [-0.15, -0.1) is 0 Å². The van der Waals surface area contributed by atoms with Crippen LogP contribution >= 0.6 is 11.6 Å². The zero-order chi connectivity index (χ0) is 14.4. The first-order chi connectivity index (χ1) is 9.67. The van der Waals surface area contributed by atoms with E-state index in [0.717, 1.165) is 17.0 Å². The molecule has 4 heteroatoms. The second-order valence-electron chi connectivity index (χ2n) is 4.77. The van der Waals surface area contributed by atoms with Gasteiger partial charge < -0.3 is 11.1 Å². The molecule has 20 heavy (non-hydrogen) atoms. The number of nitrogens with one attached hydrogen (secondary N) is 1. The highest BCUT2D eigenvalue weighted by Gasteiger charge is 2.07. The molecule has 0 radical (unpaired) electrons. The number of hydrogen-bond acceptors (Lipinski definition) is 2. The van der Waals surface area contributed by atoms with Gasteiger partial charge in [-0.25, -0.2) is 4.39 Å². The second-order valence-corrected chi connectivity index (χ2v) is 5.21. The fourth-order valence-electron chi connectivity index (χ4n) is 2.01. The molecule has 0 saturated heterocycles. The summed E-state index contributed by atoms with van der Waals surface area (Å²) >= 11 is 5.87. The summed E-state index contributed by atoms with van der Waals surface area (Å²) in [5.41, 5.74) is 8.02. The molecule has 2 nitrogen and oxygen atoms in total. The summed E-state index contributed by atoms with van der Waals surface area (Å²) in [6.45, 7) is 1.22. The van der Waals surface area contributed by atoms with Gasteiger partial charge in [-0.3, -0.25) is 0 Å². The molecule has 0 heterocycles. The topological polar surface area (TPSA) is 38.0 Å². The summed E-state index contributed by atoms with van der Waals surface area (Å²) in [5.74, 6) is -0.217. The third kappa shape index (κ3) is 4.60. The highest BCUT2D eigenvalue weighted by atomic mass is 35.5. The van der Waals surface area contributed by atoms with Gasteiger partial charge in [0.1, 0.15) is 5.82 Å². The van der Waals surface area contributed by atoms with Crippen LogP contribution < -0.4 is 11.1 Å². The number of rotatable bonds is 6. The Morgan fingerprint density at radius 3 is 2.20 bits per heavy atom. The van der Waals surface area contributed by atoms with E-state index < -0.39 is 0 Å². The fourth-order valence-corrected chi connectivity index (χ4v) is 2.13. The Labute approximate surface area is 123 Å². The van der Waals surface area contributed by atoms with Crippen molar-refractivity contribution >= 4 is 11.6 Å². The summed E-state index contributed by atoms with van der Waals surface area (Å²) in [7, 11) is 0. The Hall–Kier alpha value is -1.42. The lowest BCUT2D eigenvalue weighted by Gasteiger charge is -2.17. The Kier molecular flexibility index (Phi) is 5.53. The van der Waals surface area contributed by atoms with Crippen LogP contribution in [0.15, 0.2) is 48.5 Å². The van der Waals surface area contributed by atoms with Crippen molar-refractivity contribution < 1.29 is 4.39 Å². The van der Waals surface area contributed by atoms with Crippen molar-refractivity contribution in [2.24, 2.45) is 5.73 Å². The van der Waals surface area contributed by atoms with E-state index in [1.807, 2.05) is 24.3 Å². The van der Waals surface area contributed by atoms with Gasteiger partial charge in [0.25, 0.3) is 0 Å². The SMILES string of the molecule is NCC(Cc1ccc(Cl)cc1)NCc1ccc(F)cc1. The van der Waals surface area contributed by atoms with Crippen LogP contribution in [-0.2, 0) is 13.0 Å². The summed E-state index contributed by atoms with van der Waals surface area (Å²) in [6, 6.07) is 14.4. The van der Waals surface area contributed by atoms with E-state index in [-0.39, 0.29) is 11.9 Å². The molecule has 2 rings (SSSR count). The highest BCUT2D eigenvalue weighted by molar-refractivity contribution is 6.30.